The van der Waals surface area contributed by atoms with E-state index in [-0.39, 0.29) is 17.9 Å². The number of allylic oxidation sites excluding steroid dienone is 2. The second-order valence-electron chi connectivity index (χ2n) is 7.47. The second kappa shape index (κ2) is 8.13. The molecule has 5 atom stereocenters. The van der Waals surface area contributed by atoms with Gasteiger partial charge in [-0.1, -0.05) is 36.8 Å². The van der Waals surface area contributed by atoms with E-state index in [9.17, 15) is 15.0 Å². The third kappa shape index (κ3) is 4.81. The Bertz CT molecular complexity index is 546. The van der Waals surface area contributed by atoms with Crippen LogP contribution in [0.15, 0.2) is 35.5 Å². The third-order valence-corrected chi connectivity index (χ3v) is 5.21. The van der Waals surface area contributed by atoms with E-state index in [0.717, 1.165) is 24.0 Å². The van der Waals surface area contributed by atoms with Crippen molar-refractivity contribution in [2.24, 2.45) is 11.8 Å². The number of rotatable bonds is 0. The molecule has 2 N–H and O–H groups in total. The predicted octanol–water partition coefficient (Wildman–Crippen LogP) is 3.30. The molecule has 2 rings (SSSR count). The van der Waals surface area contributed by atoms with Crippen LogP contribution in [0.4, 0.5) is 0 Å². The van der Waals surface area contributed by atoms with Gasteiger partial charge in [0.25, 0.3) is 0 Å². The number of esters is 1. The van der Waals surface area contributed by atoms with Crippen LogP contribution in [0.1, 0.15) is 52.9 Å². The largest absolute Gasteiger partial charge is 0.459 e. The Balaban J connectivity index is 2.26. The lowest BCUT2D eigenvalue weighted by Crippen LogP contribution is -2.40. The number of aliphatic hydroxyl groups excluding tert-OH is 2. The SMILES string of the molecule is C=C1C(=O)OC2CC1C(O)CC(C)=CCC/C(C)=C/C(O)CC2C. The van der Waals surface area contributed by atoms with Gasteiger partial charge in [0.2, 0.25) is 0 Å². The van der Waals surface area contributed by atoms with Gasteiger partial charge in [-0.05, 0) is 51.9 Å². The van der Waals surface area contributed by atoms with Crippen molar-refractivity contribution in [3.05, 3.63) is 35.5 Å². The van der Waals surface area contributed by atoms with Gasteiger partial charge in [0.05, 0.1) is 12.2 Å². The standard InChI is InChI=1S/C20H30O4/c1-12-6-5-7-13(2)9-18(22)17-11-19(24-20(23)15(17)4)14(3)10-16(21)8-12/h7-8,14,16-19,21-22H,4-6,9-11H2,1-3H3/b12-8+,13-7?. The fourth-order valence-electron chi connectivity index (χ4n) is 3.66. The predicted molar refractivity (Wildman–Crippen MR) is 94.3 cm³/mol. The van der Waals surface area contributed by atoms with E-state index in [0.29, 0.717) is 24.8 Å². The minimum absolute atomic E-state index is 0.0235. The highest BCUT2D eigenvalue weighted by atomic mass is 16.5. The fourth-order valence-corrected chi connectivity index (χ4v) is 3.66. The summed E-state index contributed by atoms with van der Waals surface area (Å²) in [4.78, 5) is 12.1. The summed E-state index contributed by atoms with van der Waals surface area (Å²) in [6.07, 6.45) is 6.01. The van der Waals surface area contributed by atoms with Crippen molar-refractivity contribution in [2.45, 2.75) is 71.2 Å². The molecule has 1 fully saturated rings. The zero-order chi connectivity index (χ0) is 17.9. The van der Waals surface area contributed by atoms with Crippen LogP contribution in [-0.2, 0) is 9.53 Å². The molecular formula is C20H30O4. The highest BCUT2D eigenvalue weighted by Crippen LogP contribution is 2.34. The Morgan fingerprint density at radius 3 is 2.62 bits per heavy atom. The molecule has 1 aliphatic carbocycles. The van der Waals surface area contributed by atoms with Gasteiger partial charge in [-0.3, -0.25) is 0 Å². The molecule has 0 aromatic heterocycles. The zero-order valence-corrected chi connectivity index (χ0v) is 15.0. The van der Waals surface area contributed by atoms with E-state index < -0.39 is 18.2 Å². The summed E-state index contributed by atoms with van der Waals surface area (Å²) in [5, 5.41) is 20.9. The molecule has 24 heavy (non-hydrogen) atoms. The molecule has 0 radical (unpaired) electrons. The summed E-state index contributed by atoms with van der Waals surface area (Å²) in [5.74, 6) is -0.674. The molecule has 2 aliphatic rings. The van der Waals surface area contributed by atoms with Crippen LogP contribution in [-0.4, -0.2) is 34.5 Å². The van der Waals surface area contributed by atoms with Crippen molar-refractivity contribution < 1.29 is 19.7 Å². The minimum Gasteiger partial charge on any atom is -0.459 e. The molecule has 0 saturated carbocycles. The van der Waals surface area contributed by atoms with Gasteiger partial charge in [0.15, 0.2) is 0 Å². The third-order valence-electron chi connectivity index (χ3n) is 5.21. The van der Waals surface area contributed by atoms with Crippen LogP contribution >= 0.6 is 0 Å². The smallest absolute Gasteiger partial charge is 0.334 e. The maximum Gasteiger partial charge on any atom is 0.334 e. The Kier molecular flexibility index (Phi) is 6.41. The zero-order valence-electron chi connectivity index (χ0n) is 15.0. The summed E-state index contributed by atoms with van der Waals surface area (Å²) >= 11 is 0. The maximum absolute atomic E-state index is 12.1. The van der Waals surface area contributed by atoms with E-state index >= 15 is 0 Å². The first-order valence-corrected chi connectivity index (χ1v) is 8.86. The van der Waals surface area contributed by atoms with Gasteiger partial charge in [0, 0.05) is 11.5 Å². The summed E-state index contributed by atoms with van der Waals surface area (Å²) in [5.41, 5.74) is 2.63. The molecule has 0 aromatic rings. The van der Waals surface area contributed by atoms with Crippen LogP contribution < -0.4 is 0 Å². The molecule has 0 amide bonds. The van der Waals surface area contributed by atoms with E-state index in [2.05, 4.69) is 12.7 Å². The summed E-state index contributed by atoms with van der Waals surface area (Å²) in [7, 11) is 0. The minimum atomic E-state index is -0.624. The Morgan fingerprint density at radius 1 is 1.21 bits per heavy atom. The molecule has 0 aromatic carbocycles. The monoisotopic (exact) mass is 334 g/mol. The molecule has 1 heterocycles. The molecular weight excluding hydrogens is 304 g/mol. The number of fused-ring (bicyclic) bond motifs is 2. The van der Waals surface area contributed by atoms with E-state index in [4.69, 9.17) is 4.74 Å². The molecule has 134 valence electrons. The van der Waals surface area contributed by atoms with E-state index in [1.165, 1.54) is 0 Å². The average molecular weight is 334 g/mol. The lowest BCUT2D eigenvalue weighted by atomic mass is 9.80. The normalized spacial score (nSPS) is 38.5. The first kappa shape index (κ1) is 18.9. The lowest BCUT2D eigenvalue weighted by molar-refractivity contribution is -0.155. The van der Waals surface area contributed by atoms with Crippen LogP contribution in [0, 0.1) is 11.8 Å². The van der Waals surface area contributed by atoms with Gasteiger partial charge in [-0.15, -0.1) is 0 Å². The van der Waals surface area contributed by atoms with E-state index in [1.54, 1.807) is 0 Å². The number of aliphatic hydroxyl groups is 2. The van der Waals surface area contributed by atoms with Crippen LogP contribution in [0.25, 0.3) is 0 Å². The first-order chi connectivity index (χ1) is 11.3. The summed E-state index contributed by atoms with van der Waals surface area (Å²) in [6, 6.07) is 0. The van der Waals surface area contributed by atoms with Crippen molar-refractivity contribution in [2.75, 3.05) is 0 Å². The van der Waals surface area contributed by atoms with Gasteiger partial charge < -0.3 is 14.9 Å². The lowest BCUT2D eigenvalue weighted by Gasteiger charge is -2.36. The number of hydrogen-bond donors (Lipinski definition) is 2. The summed E-state index contributed by atoms with van der Waals surface area (Å²) < 4.78 is 5.50. The maximum atomic E-state index is 12.1. The first-order valence-electron chi connectivity index (χ1n) is 8.86. The van der Waals surface area contributed by atoms with Crippen molar-refractivity contribution in [3.63, 3.8) is 0 Å². The average Bonchev–Trinajstić information content (AvgIpc) is 2.48. The molecule has 1 saturated heterocycles. The number of ether oxygens (including phenoxy) is 1. The molecule has 5 unspecified atom stereocenters. The Labute approximate surface area is 144 Å². The van der Waals surface area contributed by atoms with Crippen LogP contribution in [0.2, 0.25) is 0 Å². The highest BCUT2D eigenvalue weighted by Gasteiger charge is 2.38. The van der Waals surface area contributed by atoms with Crippen molar-refractivity contribution in [1.29, 1.82) is 0 Å². The van der Waals surface area contributed by atoms with Gasteiger partial charge >= 0.3 is 5.97 Å². The number of carbonyl (C=O) groups excluding carboxylic acids is 1. The number of hydrogen-bond acceptors (Lipinski definition) is 4. The quantitative estimate of drug-likeness (QED) is 0.405. The molecule has 2 bridgehead atoms. The summed E-state index contributed by atoms with van der Waals surface area (Å²) in [6.45, 7) is 9.85. The van der Waals surface area contributed by atoms with E-state index in [1.807, 2.05) is 26.8 Å². The molecule has 0 spiro atoms. The molecule has 4 heteroatoms. The van der Waals surface area contributed by atoms with Gasteiger partial charge in [-0.2, -0.15) is 0 Å². The Hall–Kier alpha value is -1.39. The second-order valence-corrected chi connectivity index (χ2v) is 7.47. The van der Waals surface area contributed by atoms with Crippen molar-refractivity contribution in [3.8, 4) is 0 Å². The van der Waals surface area contributed by atoms with Gasteiger partial charge in [-0.25, -0.2) is 4.79 Å². The van der Waals surface area contributed by atoms with Crippen LogP contribution in [0.3, 0.4) is 0 Å². The number of carbonyl (C=O) groups is 1. The van der Waals surface area contributed by atoms with Crippen molar-refractivity contribution >= 4 is 5.97 Å². The van der Waals surface area contributed by atoms with Crippen LogP contribution in [0.5, 0.6) is 0 Å². The topological polar surface area (TPSA) is 66.8 Å². The molecule has 4 nitrogen and oxygen atoms in total. The van der Waals surface area contributed by atoms with Gasteiger partial charge in [0.1, 0.15) is 6.10 Å². The Morgan fingerprint density at radius 2 is 1.92 bits per heavy atom. The molecule has 1 aliphatic heterocycles. The highest BCUT2D eigenvalue weighted by molar-refractivity contribution is 5.89. The van der Waals surface area contributed by atoms with Crippen molar-refractivity contribution in [1.82, 2.24) is 0 Å². The fraction of sp³-hybridized carbons (Fsp3) is 0.650.